The van der Waals surface area contributed by atoms with Gasteiger partial charge in [0, 0.05) is 65.4 Å². The lowest BCUT2D eigenvalue weighted by atomic mass is 10.1. The molecule has 26 heteroatoms. The maximum absolute atomic E-state index is 14.1. The molecule has 5 heterocycles. The second kappa shape index (κ2) is 32.3. The summed E-state index contributed by atoms with van der Waals surface area (Å²) in [5.41, 5.74) is 0.897. The normalized spacial score (nSPS) is 15.5. The van der Waals surface area contributed by atoms with Crippen LogP contribution >= 0.6 is 0 Å². The second-order valence-electron chi connectivity index (χ2n) is 18.5. The molecule has 77 heavy (non-hydrogen) atoms. The van der Waals surface area contributed by atoms with Gasteiger partial charge in [0.05, 0.1) is 0 Å². The van der Waals surface area contributed by atoms with Crippen LogP contribution in [0.1, 0.15) is 140 Å². The summed E-state index contributed by atoms with van der Waals surface area (Å²) < 4.78 is 6.99. The van der Waals surface area contributed by atoms with Gasteiger partial charge in [-0.3, -0.25) is 58.8 Å². The van der Waals surface area contributed by atoms with Crippen molar-refractivity contribution in [3.63, 3.8) is 0 Å². The summed E-state index contributed by atoms with van der Waals surface area (Å²) in [6.07, 6.45) is 0.342. The van der Waals surface area contributed by atoms with Gasteiger partial charge in [0.25, 0.3) is 34.7 Å². The van der Waals surface area contributed by atoms with Crippen LogP contribution in [0.5, 0.6) is 0 Å². The van der Waals surface area contributed by atoms with Gasteiger partial charge in [-0.1, -0.05) is 44.2 Å². The first kappa shape index (κ1) is 63.2. The molecule has 0 saturated carbocycles. The molecule has 0 fully saturated rings. The fourth-order valence-corrected chi connectivity index (χ4v) is 7.61. The van der Waals surface area contributed by atoms with E-state index in [9.17, 15) is 52.7 Å². The Labute approximate surface area is 446 Å². The topological polar surface area (TPSA) is 359 Å². The average Bonchev–Trinajstić information content (AvgIpc) is 3.39. The van der Waals surface area contributed by atoms with E-state index >= 15 is 0 Å². The fraction of sp³-hybridized carbons (Fsp3) is 0.510. The van der Waals surface area contributed by atoms with Crippen LogP contribution in [-0.2, 0) is 37.6 Å². The number of amides is 9. The van der Waals surface area contributed by atoms with Crippen LogP contribution in [-0.4, -0.2) is 136 Å². The van der Waals surface area contributed by atoms with Gasteiger partial charge >= 0.3 is 6.09 Å². The molecule has 1 atom stereocenters. The number of hydrogen-bond donors (Lipinski definition) is 9. The van der Waals surface area contributed by atoms with Gasteiger partial charge < -0.3 is 50.5 Å². The molecule has 3 aliphatic rings. The van der Waals surface area contributed by atoms with E-state index in [0.717, 1.165) is 10.6 Å². The van der Waals surface area contributed by atoms with E-state index < -0.39 is 89.0 Å². The van der Waals surface area contributed by atoms with Crippen LogP contribution in [0.15, 0.2) is 64.2 Å². The molecule has 0 saturated heterocycles. The summed E-state index contributed by atoms with van der Waals surface area (Å²) in [6.45, 7) is 9.32. The number of rotatable bonds is 12. The van der Waals surface area contributed by atoms with E-state index in [1.807, 2.05) is 24.7 Å². The number of ether oxygens (including phenoxy) is 1. The lowest BCUT2D eigenvalue weighted by Crippen LogP contribution is -2.46. The van der Waals surface area contributed by atoms with E-state index in [0.29, 0.717) is 36.0 Å². The van der Waals surface area contributed by atoms with Gasteiger partial charge in [0.1, 0.15) is 47.6 Å². The summed E-state index contributed by atoms with van der Waals surface area (Å²) in [6, 6.07) is 12.8. The van der Waals surface area contributed by atoms with Crippen molar-refractivity contribution in [2.24, 2.45) is 18.7 Å². The summed E-state index contributed by atoms with van der Waals surface area (Å²) in [7, 11) is 1.31. The maximum atomic E-state index is 14.1. The van der Waals surface area contributed by atoms with Crippen LogP contribution in [0.2, 0.25) is 0 Å². The Morgan fingerprint density at radius 1 is 0.649 bits per heavy atom. The fourth-order valence-electron chi connectivity index (χ4n) is 7.61. The molecule has 2 aromatic heterocycles. The Morgan fingerprint density at radius 3 is 1.70 bits per heavy atom. The Hall–Kier alpha value is -8.13. The van der Waals surface area contributed by atoms with E-state index in [4.69, 9.17) is 21.3 Å². The Morgan fingerprint density at radius 2 is 1.17 bits per heavy atom. The highest BCUT2D eigenvalue weighted by Gasteiger charge is 2.25. The van der Waals surface area contributed by atoms with Gasteiger partial charge in [0.2, 0.25) is 23.6 Å². The summed E-state index contributed by atoms with van der Waals surface area (Å²) in [5, 5.41) is 13.5. The molecule has 9 amide bonds. The molecular formula is C51H75N13O13. The first-order chi connectivity index (χ1) is 36.7. The SMILES string of the molecule is CC.Cn1c2ccc(c1=O)C(=O)NCCCN(C(=O)CC(=O)NN)CCCCN(C(=O)CC(=O)NN)CCCNC(=O)c1ccc(n(OCc3ccccc3)c1=O)C(=O)NC[C@H](CCCCNC(=O)OC(C)(C)C)NC2=O. The van der Waals surface area contributed by atoms with Gasteiger partial charge in [-0.25, -0.2) is 16.5 Å². The smallest absolute Gasteiger partial charge is 0.407 e. The van der Waals surface area contributed by atoms with Crippen molar-refractivity contribution in [2.45, 2.75) is 111 Å². The highest BCUT2D eigenvalue weighted by molar-refractivity contribution is 5.99. The third-order valence-electron chi connectivity index (χ3n) is 11.5. The molecular weight excluding hydrogens is 1000 g/mol. The molecule has 0 spiro atoms. The molecule has 1 aromatic carbocycles. The molecule has 11 N–H and O–H groups in total. The van der Waals surface area contributed by atoms with Gasteiger partial charge in [-0.15, -0.1) is 4.73 Å². The number of unbranched alkanes of at least 4 members (excludes halogenated alkanes) is 1. The lowest BCUT2D eigenvalue weighted by molar-refractivity contribution is -0.138. The Kier molecular flexibility index (Phi) is 26.5. The van der Waals surface area contributed by atoms with Gasteiger partial charge in [0.15, 0.2) is 0 Å². The van der Waals surface area contributed by atoms with Crippen LogP contribution in [0.25, 0.3) is 0 Å². The van der Waals surface area contributed by atoms with Crippen molar-refractivity contribution in [2.75, 3.05) is 52.4 Å². The summed E-state index contributed by atoms with van der Waals surface area (Å²) in [4.78, 5) is 154. The summed E-state index contributed by atoms with van der Waals surface area (Å²) in [5.74, 6) is 4.73. The maximum Gasteiger partial charge on any atom is 0.407 e. The van der Waals surface area contributed by atoms with E-state index in [1.165, 1.54) is 35.0 Å². The Bertz CT molecular complexity index is 2630. The van der Waals surface area contributed by atoms with Crippen molar-refractivity contribution in [3.05, 3.63) is 103 Å². The lowest BCUT2D eigenvalue weighted by Gasteiger charge is -2.25. The van der Waals surface area contributed by atoms with Gasteiger partial charge in [-0.2, -0.15) is 0 Å². The molecule has 26 nitrogen and oxygen atoms in total. The van der Waals surface area contributed by atoms with Crippen molar-refractivity contribution in [1.82, 2.24) is 56.5 Å². The second-order valence-corrected chi connectivity index (χ2v) is 18.5. The number of fused-ring (bicyclic) bond motifs is 2. The van der Waals surface area contributed by atoms with Crippen molar-refractivity contribution in [1.29, 1.82) is 0 Å². The zero-order valence-electron chi connectivity index (χ0n) is 44.8. The highest BCUT2D eigenvalue weighted by atomic mass is 16.7. The van der Waals surface area contributed by atoms with E-state index in [1.54, 1.807) is 51.1 Å². The number of alkyl carbamates (subject to hydrolysis) is 1. The molecule has 3 aromatic rings. The summed E-state index contributed by atoms with van der Waals surface area (Å²) >= 11 is 0. The van der Waals surface area contributed by atoms with Crippen LogP contribution in [0.4, 0.5) is 4.79 Å². The van der Waals surface area contributed by atoms with Crippen LogP contribution in [0, 0.1) is 0 Å². The average molecular weight is 1080 g/mol. The highest BCUT2D eigenvalue weighted by Crippen LogP contribution is 2.11. The van der Waals surface area contributed by atoms with Gasteiger partial charge in [-0.05, 0) is 95.5 Å². The number of nitrogens with one attached hydrogen (secondary N) is 7. The van der Waals surface area contributed by atoms with Crippen LogP contribution < -0.4 is 65.1 Å². The first-order valence-corrected chi connectivity index (χ1v) is 25.5. The molecule has 3 aliphatic heterocycles. The van der Waals surface area contributed by atoms with Crippen LogP contribution in [0.3, 0.4) is 0 Å². The number of aromatic nitrogens is 2. The third kappa shape index (κ3) is 21.2. The minimum atomic E-state index is -0.975. The predicted molar refractivity (Wildman–Crippen MR) is 282 cm³/mol. The molecule has 422 valence electrons. The zero-order valence-corrected chi connectivity index (χ0v) is 44.8. The quantitative estimate of drug-likeness (QED) is 0.0375. The number of hydrogen-bond acceptors (Lipinski definition) is 15. The van der Waals surface area contributed by atoms with E-state index in [-0.39, 0.29) is 101 Å². The molecule has 6 rings (SSSR count). The molecule has 4 bridgehead atoms. The number of nitrogens with zero attached hydrogens (tertiary/aromatic N) is 4. The van der Waals surface area contributed by atoms with Crippen molar-refractivity contribution >= 4 is 53.4 Å². The largest absolute Gasteiger partial charge is 0.444 e. The number of hydrazine groups is 2. The molecule has 0 unspecified atom stereocenters. The third-order valence-corrected chi connectivity index (χ3v) is 11.5. The number of carbonyl (C=O) groups is 9. The molecule has 0 aliphatic carbocycles. The number of carbonyl (C=O) groups excluding carboxylic acids is 9. The minimum absolute atomic E-state index is 0.000924. The molecule has 0 radical (unpaired) electrons. The number of pyridine rings is 2. The standard InChI is InChI=1S/C49H69N13O13.C2H6/c1-49(2,3)75-48(73)54-21-9-8-16-33-30-55-44(69)37-20-18-35(47(72)62(37)74-31-32-14-6-5-7-15-32)43(68)53-23-13-27-61(41(66)29-39(64)58-51)25-11-10-24-60(40(65)28-38(63)57-50)26-12-22-52-42(67)34-17-19-36(45(70)56-33)59(4)46(34)71;1-2/h5-7,14-15,17-20,33H,8-13,16,21-31,50-51H2,1-4H3,(H,52,67)(H,53,68)(H,54,73)(H,55,69)(H,56,70)(H,57,63)(H,58,64);1-2H3/t33-;/m0./s1. The first-order valence-electron chi connectivity index (χ1n) is 25.5. The van der Waals surface area contributed by atoms with Crippen molar-refractivity contribution < 1.29 is 52.7 Å². The predicted octanol–water partition coefficient (Wildman–Crippen LogP) is -0.124. The monoisotopic (exact) mass is 1080 g/mol. The minimum Gasteiger partial charge on any atom is -0.444 e. The number of benzene rings is 1. The Balaban J connectivity index is 0.00000771. The number of nitrogens with two attached hydrogens (primary N) is 2. The zero-order chi connectivity index (χ0) is 57.1. The van der Waals surface area contributed by atoms with Crippen molar-refractivity contribution in [3.8, 4) is 0 Å². The van der Waals surface area contributed by atoms with E-state index in [2.05, 4.69) is 26.6 Å².